The molecule has 66 valence electrons. The van der Waals surface area contributed by atoms with Crippen LogP contribution in [0.25, 0.3) is 0 Å². The van der Waals surface area contributed by atoms with Crippen molar-refractivity contribution in [3.8, 4) is 11.5 Å². The van der Waals surface area contributed by atoms with Crippen molar-refractivity contribution < 1.29 is 14.5 Å². The second kappa shape index (κ2) is 3.66. The van der Waals surface area contributed by atoms with Crippen LogP contribution in [-0.4, -0.2) is 10.00 Å². The molecule has 0 spiro atoms. The molecule has 1 unspecified atom stereocenters. The first-order chi connectivity index (χ1) is 5.49. The summed E-state index contributed by atoms with van der Waals surface area (Å²) in [6, 6.07) is 6.24. The van der Waals surface area contributed by atoms with E-state index in [9.17, 15) is 5.11 Å². The van der Waals surface area contributed by atoms with Crippen LogP contribution in [0.5, 0.6) is 11.5 Å². The monoisotopic (exact) mass is 222 g/mol. The molecule has 0 fully saturated rings. The molecule has 1 rings (SSSR count). The third-order valence-electron chi connectivity index (χ3n) is 1.08. The molecule has 0 aliphatic rings. The lowest BCUT2D eigenvalue weighted by molar-refractivity contribution is 0.432. The summed E-state index contributed by atoms with van der Waals surface area (Å²) in [6.45, 7) is 0. The molecule has 1 aromatic rings. The van der Waals surface area contributed by atoms with Crippen LogP contribution in [0, 0.1) is 0 Å². The number of benzene rings is 1. The largest absolute Gasteiger partial charge is 0.504 e. The summed E-state index contributed by atoms with van der Waals surface area (Å²) < 4.78 is 4.83. The lowest BCUT2D eigenvalue weighted by atomic mass is 10.3. The minimum atomic E-state index is -3.05. The molecule has 12 heavy (non-hydrogen) atoms. The molecule has 0 aliphatic heterocycles. The Balaban J connectivity index is 2.90. The quantitative estimate of drug-likeness (QED) is 0.528. The van der Waals surface area contributed by atoms with E-state index in [1.54, 1.807) is 12.1 Å². The molecule has 0 bridgehead atoms. The zero-order valence-corrected chi connectivity index (χ0v) is 8.52. The Kier molecular flexibility index (Phi) is 3.01. The van der Waals surface area contributed by atoms with Gasteiger partial charge in [-0.05, 0) is 23.9 Å². The lowest BCUT2D eigenvalue weighted by Crippen LogP contribution is -1.84. The van der Waals surface area contributed by atoms with Gasteiger partial charge in [-0.2, -0.15) is 0 Å². The number of para-hydroxylation sites is 2. The van der Waals surface area contributed by atoms with Gasteiger partial charge in [-0.25, -0.2) is 0 Å². The highest BCUT2D eigenvalue weighted by Crippen LogP contribution is 2.49. The van der Waals surface area contributed by atoms with Crippen molar-refractivity contribution in [3.63, 3.8) is 0 Å². The highest BCUT2D eigenvalue weighted by Gasteiger charge is 2.10. The maximum atomic E-state index is 9.18. The molecule has 6 heteroatoms. The lowest BCUT2D eigenvalue weighted by Gasteiger charge is -2.11. The molecular weight excluding hydrogens is 215 g/mol. The van der Waals surface area contributed by atoms with Crippen LogP contribution in [-0.2, 0) is 11.8 Å². The number of phenols is 1. The maximum absolute atomic E-state index is 9.18. The van der Waals surface area contributed by atoms with E-state index in [2.05, 4.69) is 24.1 Å². The average molecular weight is 222 g/mol. The molecular formula is C6H7O3PS2. The fourth-order valence-electron chi connectivity index (χ4n) is 0.662. The standard InChI is InChI=1S/C6H7O3PS2/c7-5-3-1-2-4-6(5)9-10(8,11)12/h1-4,7H,(H2,8,11,12). The zero-order chi connectivity index (χ0) is 9.19. The molecule has 0 saturated carbocycles. The molecule has 0 amide bonds. The van der Waals surface area contributed by atoms with E-state index in [4.69, 9.17) is 9.42 Å². The Hall–Kier alpha value is -0.220. The van der Waals surface area contributed by atoms with Crippen molar-refractivity contribution in [1.29, 1.82) is 0 Å². The molecule has 0 aliphatic carbocycles. The van der Waals surface area contributed by atoms with Crippen LogP contribution < -0.4 is 4.52 Å². The molecule has 0 aromatic heterocycles. The molecule has 1 atom stereocenters. The predicted molar refractivity (Wildman–Crippen MR) is 54.2 cm³/mol. The van der Waals surface area contributed by atoms with Gasteiger partial charge in [-0.3, -0.25) is 0 Å². The average Bonchev–Trinajstić information content (AvgIpc) is 1.91. The Labute approximate surface area is 80.3 Å². The summed E-state index contributed by atoms with van der Waals surface area (Å²) in [7, 11) is 0. The van der Waals surface area contributed by atoms with Gasteiger partial charge in [-0.1, -0.05) is 24.4 Å². The zero-order valence-electron chi connectivity index (χ0n) is 5.91. The van der Waals surface area contributed by atoms with E-state index in [0.717, 1.165) is 0 Å². The normalized spacial score (nSPS) is 15.2. The number of thiol groups is 1. The second-order valence-corrected chi connectivity index (χ2v) is 7.14. The first kappa shape index (κ1) is 9.86. The van der Waals surface area contributed by atoms with Gasteiger partial charge in [0, 0.05) is 0 Å². The molecule has 2 N–H and O–H groups in total. The predicted octanol–water partition coefficient (Wildman–Crippen LogP) is 1.92. The molecule has 0 saturated heterocycles. The van der Waals surface area contributed by atoms with Gasteiger partial charge in [-0.15, -0.1) is 0 Å². The number of aromatic hydroxyl groups is 1. The van der Waals surface area contributed by atoms with Crippen molar-refractivity contribution in [3.05, 3.63) is 24.3 Å². The summed E-state index contributed by atoms with van der Waals surface area (Å²) in [5, 5.41) is 9.18. The summed E-state index contributed by atoms with van der Waals surface area (Å²) >= 11 is 8.19. The highest BCUT2D eigenvalue weighted by molar-refractivity contribution is 8.59. The number of rotatable bonds is 2. The van der Waals surface area contributed by atoms with Gasteiger partial charge >= 0.3 is 0 Å². The van der Waals surface area contributed by atoms with E-state index >= 15 is 0 Å². The van der Waals surface area contributed by atoms with Crippen molar-refractivity contribution in [2.45, 2.75) is 0 Å². The minimum absolute atomic E-state index is 0.0603. The Morgan fingerprint density at radius 3 is 2.50 bits per heavy atom. The van der Waals surface area contributed by atoms with Gasteiger partial charge < -0.3 is 14.5 Å². The van der Waals surface area contributed by atoms with Gasteiger partial charge in [0.15, 0.2) is 11.5 Å². The topological polar surface area (TPSA) is 49.7 Å². The summed E-state index contributed by atoms with van der Waals surface area (Å²) in [5.41, 5.74) is -3.05. The first-order valence-electron chi connectivity index (χ1n) is 3.02. The first-order valence-corrected chi connectivity index (χ1v) is 6.85. The summed E-state index contributed by atoms with van der Waals surface area (Å²) in [5.74, 6) is 0.0909. The third-order valence-corrected chi connectivity index (χ3v) is 1.99. The van der Waals surface area contributed by atoms with E-state index in [1.165, 1.54) is 12.1 Å². The summed E-state index contributed by atoms with van der Waals surface area (Å²) in [6.07, 6.45) is 0. The van der Waals surface area contributed by atoms with Crippen LogP contribution in [0.3, 0.4) is 0 Å². The maximum Gasteiger partial charge on any atom is 0.291 e. The van der Waals surface area contributed by atoms with Crippen molar-refractivity contribution in [1.82, 2.24) is 0 Å². The van der Waals surface area contributed by atoms with Crippen molar-refractivity contribution in [2.24, 2.45) is 0 Å². The van der Waals surface area contributed by atoms with Crippen LogP contribution in [0.1, 0.15) is 0 Å². The van der Waals surface area contributed by atoms with E-state index < -0.39 is 5.69 Å². The SMILES string of the molecule is Oc1ccccc1OP(O)(=S)S. The van der Waals surface area contributed by atoms with Crippen LogP contribution in [0.15, 0.2) is 24.3 Å². The van der Waals surface area contributed by atoms with Gasteiger partial charge in [0.1, 0.15) is 0 Å². The second-order valence-electron chi connectivity index (χ2n) is 2.05. The van der Waals surface area contributed by atoms with Crippen LogP contribution in [0.2, 0.25) is 0 Å². The number of hydrogen-bond donors (Lipinski definition) is 3. The van der Waals surface area contributed by atoms with E-state index in [0.29, 0.717) is 0 Å². The van der Waals surface area contributed by atoms with E-state index in [-0.39, 0.29) is 11.5 Å². The summed E-state index contributed by atoms with van der Waals surface area (Å²) in [4.78, 5) is 9.05. The van der Waals surface area contributed by atoms with Gasteiger partial charge in [0.2, 0.25) is 0 Å². The fraction of sp³-hybridized carbons (Fsp3) is 0. The van der Waals surface area contributed by atoms with Gasteiger partial charge in [0.25, 0.3) is 5.69 Å². The Bertz CT molecular complexity index is 322. The van der Waals surface area contributed by atoms with Gasteiger partial charge in [0.05, 0.1) is 0 Å². The highest BCUT2D eigenvalue weighted by atomic mass is 32.9. The number of hydrogen-bond acceptors (Lipinski definition) is 3. The molecule has 3 nitrogen and oxygen atoms in total. The number of phenolic OH excluding ortho intramolecular Hbond substituents is 1. The molecule has 1 aromatic carbocycles. The molecule has 0 radical (unpaired) electrons. The fourth-order valence-corrected chi connectivity index (χ4v) is 1.58. The minimum Gasteiger partial charge on any atom is -0.504 e. The van der Waals surface area contributed by atoms with E-state index in [1.807, 2.05) is 0 Å². The third kappa shape index (κ3) is 3.03. The Morgan fingerprint density at radius 2 is 2.00 bits per heavy atom. The van der Waals surface area contributed by atoms with Crippen LogP contribution in [0.4, 0.5) is 0 Å². The Morgan fingerprint density at radius 1 is 1.42 bits per heavy atom. The van der Waals surface area contributed by atoms with Crippen molar-refractivity contribution in [2.75, 3.05) is 0 Å². The smallest absolute Gasteiger partial charge is 0.291 e. The molecule has 0 heterocycles. The van der Waals surface area contributed by atoms with Crippen LogP contribution >= 0.6 is 17.9 Å². The van der Waals surface area contributed by atoms with Crippen molar-refractivity contribution >= 4 is 29.7 Å².